The lowest BCUT2D eigenvalue weighted by atomic mass is 10.1. The van der Waals surface area contributed by atoms with Gasteiger partial charge in [-0.15, -0.1) is 0 Å². The molecular weight excluding hydrogens is 227 g/mol. The molecule has 3 N–H and O–H groups in total. The summed E-state index contributed by atoms with van der Waals surface area (Å²) in [6.07, 6.45) is 1.99. The molecule has 0 aliphatic rings. The highest BCUT2D eigenvalue weighted by molar-refractivity contribution is 5.66. The van der Waals surface area contributed by atoms with Crippen molar-refractivity contribution in [1.29, 1.82) is 0 Å². The second-order valence-corrected chi connectivity index (χ2v) is 4.22. The van der Waals surface area contributed by atoms with Gasteiger partial charge in [-0.25, -0.2) is 4.39 Å². The molecule has 2 nitrogen and oxygen atoms in total. The lowest BCUT2D eigenvalue weighted by molar-refractivity contribution is 0.633. The van der Waals surface area contributed by atoms with Gasteiger partial charge in [-0.3, -0.25) is 0 Å². The summed E-state index contributed by atoms with van der Waals surface area (Å²) < 4.78 is 13.2. The third kappa shape index (κ3) is 3.23. The lowest BCUT2D eigenvalue weighted by Crippen LogP contribution is -2.06. The highest BCUT2D eigenvalue weighted by Crippen LogP contribution is 2.20. The largest absolute Gasteiger partial charge is 0.395 e. The molecular formula is C15H17FN2. The predicted octanol–water partition coefficient (Wildman–Crippen LogP) is 3.45. The number of hydrogen-bond acceptors (Lipinski definition) is 2. The topological polar surface area (TPSA) is 38.0 Å². The van der Waals surface area contributed by atoms with E-state index >= 15 is 0 Å². The van der Waals surface area contributed by atoms with Crippen LogP contribution in [-0.4, -0.2) is 6.54 Å². The van der Waals surface area contributed by atoms with Crippen LogP contribution in [0.15, 0.2) is 48.5 Å². The summed E-state index contributed by atoms with van der Waals surface area (Å²) in [6, 6.07) is 15.1. The van der Waals surface area contributed by atoms with Crippen LogP contribution in [0, 0.1) is 5.82 Å². The maximum Gasteiger partial charge on any atom is 0.148 e. The average Bonchev–Trinajstić information content (AvgIpc) is 2.40. The van der Waals surface area contributed by atoms with E-state index in [-0.39, 0.29) is 11.5 Å². The minimum absolute atomic E-state index is 0.192. The Morgan fingerprint density at radius 3 is 2.56 bits per heavy atom. The fourth-order valence-corrected chi connectivity index (χ4v) is 1.85. The van der Waals surface area contributed by atoms with Crippen LogP contribution < -0.4 is 11.1 Å². The lowest BCUT2D eigenvalue weighted by Gasteiger charge is -2.09. The van der Waals surface area contributed by atoms with E-state index in [4.69, 9.17) is 5.73 Å². The molecule has 2 aromatic rings. The molecule has 0 heterocycles. The first-order valence-corrected chi connectivity index (χ1v) is 6.09. The van der Waals surface area contributed by atoms with Crippen LogP contribution in [0.4, 0.5) is 15.8 Å². The molecule has 0 saturated carbocycles. The first kappa shape index (κ1) is 12.4. The molecule has 2 aromatic carbocycles. The van der Waals surface area contributed by atoms with Crippen molar-refractivity contribution in [3.63, 3.8) is 0 Å². The van der Waals surface area contributed by atoms with Crippen LogP contribution in [0.1, 0.15) is 12.0 Å². The Kier molecular flexibility index (Phi) is 4.18. The number of aryl methyl sites for hydroxylation is 1. The summed E-state index contributed by atoms with van der Waals surface area (Å²) in [5.74, 6) is -0.372. The van der Waals surface area contributed by atoms with Gasteiger partial charge in [0, 0.05) is 6.54 Å². The van der Waals surface area contributed by atoms with Gasteiger partial charge < -0.3 is 11.1 Å². The van der Waals surface area contributed by atoms with Gasteiger partial charge in [0.2, 0.25) is 0 Å². The fourth-order valence-electron chi connectivity index (χ4n) is 1.85. The van der Waals surface area contributed by atoms with E-state index < -0.39 is 0 Å². The van der Waals surface area contributed by atoms with Gasteiger partial charge in [-0.2, -0.15) is 0 Å². The maximum atomic E-state index is 13.2. The van der Waals surface area contributed by atoms with Crippen LogP contribution >= 0.6 is 0 Å². The predicted molar refractivity (Wildman–Crippen MR) is 74.1 cm³/mol. The number of benzene rings is 2. The fraction of sp³-hybridized carbons (Fsp3) is 0.200. The smallest absolute Gasteiger partial charge is 0.148 e. The van der Waals surface area contributed by atoms with Gasteiger partial charge in [0.05, 0.1) is 11.4 Å². The van der Waals surface area contributed by atoms with Gasteiger partial charge >= 0.3 is 0 Å². The Morgan fingerprint density at radius 2 is 1.78 bits per heavy atom. The summed E-state index contributed by atoms with van der Waals surface area (Å²) >= 11 is 0. The van der Waals surface area contributed by atoms with Crippen LogP contribution in [0.3, 0.4) is 0 Å². The van der Waals surface area contributed by atoms with E-state index in [1.165, 1.54) is 11.6 Å². The zero-order valence-corrected chi connectivity index (χ0v) is 10.2. The SMILES string of the molecule is Nc1c(F)cccc1NCCCc1ccccc1. The van der Waals surface area contributed by atoms with Crippen molar-refractivity contribution in [2.24, 2.45) is 0 Å². The second kappa shape index (κ2) is 6.05. The zero-order chi connectivity index (χ0) is 12.8. The quantitative estimate of drug-likeness (QED) is 0.624. The number of anilines is 2. The Labute approximate surface area is 107 Å². The molecule has 0 radical (unpaired) electrons. The molecule has 0 saturated heterocycles. The average molecular weight is 244 g/mol. The minimum Gasteiger partial charge on any atom is -0.395 e. The van der Waals surface area contributed by atoms with E-state index in [1.807, 2.05) is 18.2 Å². The number of hydrogen-bond donors (Lipinski definition) is 2. The van der Waals surface area contributed by atoms with Crippen molar-refractivity contribution >= 4 is 11.4 Å². The number of nitrogens with one attached hydrogen (secondary N) is 1. The van der Waals surface area contributed by atoms with E-state index in [1.54, 1.807) is 12.1 Å². The molecule has 0 unspecified atom stereocenters. The Hall–Kier alpha value is -2.03. The first-order valence-electron chi connectivity index (χ1n) is 6.09. The summed E-state index contributed by atoms with van der Waals surface area (Å²) in [5.41, 5.74) is 7.81. The van der Waals surface area contributed by atoms with Crippen LogP contribution in [-0.2, 0) is 6.42 Å². The molecule has 0 aromatic heterocycles. The second-order valence-electron chi connectivity index (χ2n) is 4.22. The molecule has 2 rings (SSSR count). The molecule has 0 aliphatic heterocycles. The van der Waals surface area contributed by atoms with E-state index in [9.17, 15) is 4.39 Å². The molecule has 0 fully saturated rings. The monoisotopic (exact) mass is 244 g/mol. The number of halogens is 1. The summed E-state index contributed by atoms with van der Waals surface area (Å²) in [5, 5.41) is 3.16. The maximum absolute atomic E-state index is 13.2. The van der Waals surface area contributed by atoms with E-state index in [0.29, 0.717) is 5.69 Å². The van der Waals surface area contributed by atoms with Crippen molar-refractivity contribution in [1.82, 2.24) is 0 Å². The van der Waals surface area contributed by atoms with Crippen LogP contribution in [0.2, 0.25) is 0 Å². The summed E-state index contributed by atoms with van der Waals surface area (Å²) in [6.45, 7) is 0.780. The van der Waals surface area contributed by atoms with Gasteiger partial charge in [-0.05, 0) is 30.5 Å². The first-order chi connectivity index (χ1) is 8.77. The number of nitrogen functional groups attached to an aromatic ring is 1. The molecule has 3 heteroatoms. The number of nitrogens with two attached hydrogens (primary N) is 1. The molecule has 0 aliphatic carbocycles. The van der Waals surface area contributed by atoms with Gasteiger partial charge in [0.1, 0.15) is 5.82 Å². The summed E-state index contributed by atoms with van der Waals surface area (Å²) in [4.78, 5) is 0. The highest BCUT2D eigenvalue weighted by Gasteiger charge is 2.02. The van der Waals surface area contributed by atoms with Crippen molar-refractivity contribution in [2.45, 2.75) is 12.8 Å². The molecule has 18 heavy (non-hydrogen) atoms. The van der Waals surface area contributed by atoms with Crippen molar-refractivity contribution in [3.05, 3.63) is 59.9 Å². The third-order valence-electron chi connectivity index (χ3n) is 2.85. The molecule has 94 valence electrons. The molecule has 0 atom stereocenters. The minimum atomic E-state index is -0.372. The number of para-hydroxylation sites is 1. The van der Waals surface area contributed by atoms with Crippen molar-refractivity contribution in [2.75, 3.05) is 17.6 Å². The van der Waals surface area contributed by atoms with E-state index in [2.05, 4.69) is 17.4 Å². The van der Waals surface area contributed by atoms with Crippen LogP contribution in [0.5, 0.6) is 0 Å². The molecule has 0 bridgehead atoms. The van der Waals surface area contributed by atoms with Crippen molar-refractivity contribution in [3.8, 4) is 0 Å². The van der Waals surface area contributed by atoms with Gasteiger partial charge in [0.25, 0.3) is 0 Å². The normalized spacial score (nSPS) is 10.3. The van der Waals surface area contributed by atoms with E-state index in [0.717, 1.165) is 19.4 Å². The third-order valence-corrected chi connectivity index (χ3v) is 2.85. The Bertz CT molecular complexity index is 497. The Morgan fingerprint density at radius 1 is 1.00 bits per heavy atom. The standard InChI is InChI=1S/C15H17FN2/c16-13-9-4-10-14(15(13)17)18-11-5-8-12-6-2-1-3-7-12/h1-4,6-7,9-10,18H,5,8,11,17H2. The van der Waals surface area contributed by atoms with Gasteiger partial charge in [-0.1, -0.05) is 36.4 Å². The van der Waals surface area contributed by atoms with Gasteiger partial charge in [0.15, 0.2) is 0 Å². The number of rotatable bonds is 5. The highest BCUT2D eigenvalue weighted by atomic mass is 19.1. The van der Waals surface area contributed by atoms with Crippen molar-refractivity contribution < 1.29 is 4.39 Å². The Balaban J connectivity index is 1.81. The zero-order valence-electron chi connectivity index (χ0n) is 10.2. The van der Waals surface area contributed by atoms with Crippen LogP contribution in [0.25, 0.3) is 0 Å². The summed E-state index contributed by atoms with van der Waals surface area (Å²) in [7, 11) is 0. The molecule has 0 spiro atoms. The molecule has 0 amide bonds.